The second-order valence-corrected chi connectivity index (χ2v) is 5.09. The highest BCUT2D eigenvalue weighted by molar-refractivity contribution is 5.79. The van der Waals surface area contributed by atoms with E-state index in [1.807, 2.05) is 30.3 Å². The van der Waals surface area contributed by atoms with Gasteiger partial charge in [-0.25, -0.2) is 0 Å². The summed E-state index contributed by atoms with van der Waals surface area (Å²) in [6.45, 7) is 1.40. The SMILES string of the molecule is COc1ccc(COc2cccc(C=O)c2C2OCCO2)cc1. The zero-order chi connectivity index (χ0) is 16.1. The first kappa shape index (κ1) is 15.5. The fourth-order valence-electron chi connectivity index (χ4n) is 2.45. The van der Waals surface area contributed by atoms with Crippen LogP contribution in [-0.2, 0) is 16.1 Å². The lowest BCUT2D eigenvalue weighted by Crippen LogP contribution is -2.07. The van der Waals surface area contributed by atoms with Crippen LogP contribution in [-0.4, -0.2) is 26.6 Å². The largest absolute Gasteiger partial charge is 0.497 e. The van der Waals surface area contributed by atoms with E-state index in [4.69, 9.17) is 18.9 Å². The lowest BCUT2D eigenvalue weighted by Gasteiger charge is -2.17. The Labute approximate surface area is 134 Å². The Hall–Kier alpha value is -2.37. The number of rotatable bonds is 6. The van der Waals surface area contributed by atoms with Crippen molar-refractivity contribution in [3.05, 3.63) is 59.2 Å². The van der Waals surface area contributed by atoms with Gasteiger partial charge in [0.15, 0.2) is 12.6 Å². The third kappa shape index (κ3) is 3.52. The van der Waals surface area contributed by atoms with Crippen LogP contribution >= 0.6 is 0 Å². The summed E-state index contributed by atoms with van der Waals surface area (Å²) in [5.41, 5.74) is 2.17. The van der Waals surface area contributed by atoms with Gasteiger partial charge in [-0.15, -0.1) is 0 Å². The first-order valence-corrected chi connectivity index (χ1v) is 7.39. The van der Waals surface area contributed by atoms with Gasteiger partial charge in [0.1, 0.15) is 18.1 Å². The molecule has 0 spiro atoms. The van der Waals surface area contributed by atoms with Gasteiger partial charge in [-0.3, -0.25) is 4.79 Å². The Balaban J connectivity index is 1.79. The molecule has 5 nitrogen and oxygen atoms in total. The summed E-state index contributed by atoms with van der Waals surface area (Å²) in [5, 5.41) is 0. The van der Waals surface area contributed by atoms with Crippen molar-refractivity contribution in [2.45, 2.75) is 12.9 Å². The standard InChI is InChI=1S/C18H18O5/c1-20-15-7-5-13(6-8-15)12-23-16-4-2-3-14(11-19)17(16)18-21-9-10-22-18/h2-8,11,18H,9-10,12H2,1H3. The van der Waals surface area contributed by atoms with Crippen LogP contribution < -0.4 is 9.47 Å². The number of hydrogen-bond donors (Lipinski definition) is 0. The maximum atomic E-state index is 11.3. The van der Waals surface area contributed by atoms with Crippen LogP contribution in [0.2, 0.25) is 0 Å². The molecule has 5 heteroatoms. The third-order valence-electron chi connectivity index (χ3n) is 3.64. The minimum atomic E-state index is -0.553. The highest BCUT2D eigenvalue weighted by Crippen LogP contribution is 2.34. The molecule has 2 aromatic rings. The monoisotopic (exact) mass is 314 g/mol. The Kier molecular flexibility index (Phi) is 4.90. The molecule has 1 aliphatic rings. The average molecular weight is 314 g/mol. The first-order valence-electron chi connectivity index (χ1n) is 7.39. The minimum Gasteiger partial charge on any atom is -0.497 e. The Morgan fingerprint density at radius 3 is 2.52 bits per heavy atom. The molecule has 23 heavy (non-hydrogen) atoms. The van der Waals surface area contributed by atoms with Crippen molar-refractivity contribution in [1.82, 2.24) is 0 Å². The van der Waals surface area contributed by atoms with Crippen molar-refractivity contribution < 1.29 is 23.7 Å². The molecule has 0 N–H and O–H groups in total. The van der Waals surface area contributed by atoms with E-state index >= 15 is 0 Å². The molecule has 0 atom stereocenters. The van der Waals surface area contributed by atoms with Crippen LogP contribution in [0.5, 0.6) is 11.5 Å². The van der Waals surface area contributed by atoms with Gasteiger partial charge in [0.2, 0.25) is 0 Å². The molecular weight excluding hydrogens is 296 g/mol. The fourth-order valence-corrected chi connectivity index (χ4v) is 2.45. The number of carbonyl (C=O) groups excluding carboxylic acids is 1. The molecule has 2 aromatic carbocycles. The van der Waals surface area contributed by atoms with E-state index in [0.717, 1.165) is 17.6 Å². The van der Waals surface area contributed by atoms with Gasteiger partial charge in [-0.2, -0.15) is 0 Å². The second kappa shape index (κ2) is 7.26. The molecule has 0 saturated carbocycles. The molecule has 0 amide bonds. The molecule has 120 valence electrons. The number of benzene rings is 2. The summed E-state index contributed by atoms with van der Waals surface area (Å²) in [4.78, 5) is 11.3. The molecule has 0 aromatic heterocycles. The van der Waals surface area contributed by atoms with Crippen LogP contribution in [0, 0.1) is 0 Å². The summed E-state index contributed by atoms with van der Waals surface area (Å²) >= 11 is 0. The van der Waals surface area contributed by atoms with E-state index in [1.165, 1.54) is 0 Å². The van der Waals surface area contributed by atoms with Gasteiger partial charge in [-0.05, 0) is 23.8 Å². The normalized spacial score (nSPS) is 14.7. The number of hydrogen-bond acceptors (Lipinski definition) is 5. The predicted molar refractivity (Wildman–Crippen MR) is 83.8 cm³/mol. The van der Waals surface area contributed by atoms with Gasteiger partial charge in [0.05, 0.1) is 25.9 Å². The van der Waals surface area contributed by atoms with E-state index in [0.29, 0.717) is 36.7 Å². The van der Waals surface area contributed by atoms with Crippen molar-refractivity contribution in [2.24, 2.45) is 0 Å². The number of methoxy groups -OCH3 is 1. The van der Waals surface area contributed by atoms with Gasteiger partial charge in [0, 0.05) is 5.56 Å². The number of carbonyl (C=O) groups is 1. The Morgan fingerprint density at radius 2 is 1.87 bits per heavy atom. The average Bonchev–Trinajstić information content (AvgIpc) is 3.14. The van der Waals surface area contributed by atoms with E-state index in [2.05, 4.69) is 0 Å². The predicted octanol–water partition coefficient (Wildman–Crippen LogP) is 3.13. The minimum absolute atomic E-state index is 0.381. The summed E-state index contributed by atoms with van der Waals surface area (Å²) < 4.78 is 22.1. The van der Waals surface area contributed by atoms with Gasteiger partial charge in [-0.1, -0.05) is 24.3 Å². The second-order valence-electron chi connectivity index (χ2n) is 5.09. The van der Waals surface area contributed by atoms with Crippen molar-refractivity contribution in [3.63, 3.8) is 0 Å². The van der Waals surface area contributed by atoms with Crippen molar-refractivity contribution in [2.75, 3.05) is 20.3 Å². The quantitative estimate of drug-likeness (QED) is 0.767. The Bertz CT molecular complexity index is 660. The fraction of sp³-hybridized carbons (Fsp3) is 0.278. The first-order chi connectivity index (χ1) is 11.3. The van der Waals surface area contributed by atoms with Gasteiger partial charge >= 0.3 is 0 Å². The van der Waals surface area contributed by atoms with Crippen LogP contribution in [0.1, 0.15) is 27.8 Å². The lowest BCUT2D eigenvalue weighted by molar-refractivity contribution is -0.0461. The summed E-state index contributed by atoms with van der Waals surface area (Å²) in [6.07, 6.45) is 0.239. The summed E-state index contributed by atoms with van der Waals surface area (Å²) in [5.74, 6) is 1.39. The van der Waals surface area contributed by atoms with Crippen LogP contribution in [0.3, 0.4) is 0 Å². The molecular formula is C18H18O5. The molecule has 0 radical (unpaired) electrons. The molecule has 1 heterocycles. The zero-order valence-electron chi connectivity index (χ0n) is 12.9. The molecule has 3 rings (SSSR count). The zero-order valence-corrected chi connectivity index (χ0v) is 12.9. The van der Waals surface area contributed by atoms with Gasteiger partial charge in [0.25, 0.3) is 0 Å². The number of ether oxygens (including phenoxy) is 4. The Morgan fingerprint density at radius 1 is 1.13 bits per heavy atom. The molecule has 1 aliphatic heterocycles. The van der Waals surface area contributed by atoms with E-state index in [9.17, 15) is 4.79 Å². The summed E-state index contributed by atoms with van der Waals surface area (Å²) in [7, 11) is 1.63. The smallest absolute Gasteiger partial charge is 0.188 e. The third-order valence-corrected chi connectivity index (χ3v) is 3.64. The number of aldehydes is 1. The maximum absolute atomic E-state index is 11.3. The molecule has 0 aliphatic carbocycles. The molecule has 1 saturated heterocycles. The highest BCUT2D eigenvalue weighted by Gasteiger charge is 2.25. The molecule has 1 fully saturated rings. The van der Waals surface area contributed by atoms with Gasteiger partial charge < -0.3 is 18.9 Å². The highest BCUT2D eigenvalue weighted by atomic mass is 16.7. The molecule has 0 bridgehead atoms. The summed E-state index contributed by atoms with van der Waals surface area (Å²) in [6, 6.07) is 13.0. The van der Waals surface area contributed by atoms with Crippen LogP contribution in [0.15, 0.2) is 42.5 Å². The van der Waals surface area contributed by atoms with E-state index in [-0.39, 0.29) is 0 Å². The van der Waals surface area contributed by atoms with Crippen LogP contribution in [0.4, 0.5) is 0 Å². The van der Waals surface area contributed by atoms with E-state index in [1.54, 1.807) is 19.2 Å². The molecule has 0 unspecified atom stereocenters. The topological polar surface area (TPSA) is 54.0 Å². The van der Waals surface area contributed by atoms with Crippen molar-refractivity contribution in [3.8, 4) is 11.5 Å². The lowest BCUT2D eigenvalue weighted by atomic mass is 10.1. The van der Waals surface area contributed by atoms with Crippen molar-refractivity contribution in [1.29, 1.82) is 0 Å². The van der Waals surface area contributed by atoms with E-state index < -0.39 is 6.29 Å². The van der Waals surface area contributed by atoms with Crippen molar-refractivity contribution >= 4 is 6.29 Å². The maximum Gasteiger partial charge on any atom is 0.188 e. The van der Waals surface area contributed by atoms with Crippen LogP contribution in [0.25, 0.3) is 0 Å².